The maximum absolute atomic E-state index is 9.54. The van der Waals surface area contributed by atoms with Crippen LogP contribution in [0.25, 0.3) is 0 Å². The number of aliphatic hydroxyl groups is 1. The number of piperidine rings is 1. The lowest BCUT2D eigenvalue weighted by Crippen LogP contribution is -2.32. The Kier molecular flexibility index (Phi) is 5.67. The first-order valence-electron chi connectivity index (χ1n) is 9.97. The number of aliphatic hydroxyl groups excluding tert-OH is 1. The summed E-state index contributed by atoms with van der Waals surface area (Å²) >= 11 is 0. The highest BCUT2D eigenvalue weighted by Gasteiger charge is 2.25. The zero-order chi connectivity index (χ0) is 18.5. The van der Waals surface area contributed by atoms with Gasteiger partial charge in [-0.15, -0.1) is 0 Å². The fourth-order valence-corrected chi connectivity index (χ4v) is 3.99. The molecule has 0 aromatic carbocycles. The molecule has 0 radical (unpaired) electrons. The second-order valence-corrected chi connectivity index (χ2v) is 7.36. The van der Waals surface area contributed by atoms with Crippen LogP contribution in [0.4, 0.5) is 17.5 Å². The molecule has 2 N–H and O–H groups in total. The van der Waals surface area contributed by atoms with E-state index in [9.17, 15) is 5.11 Å². The van der Waals surface area contributed by atoms with Crippen molar-refractivity contribution in [1.82, 2.24) is 15.0 Å². The normalized spacial score (nSPS) is 20.1. The Morgan fingerprint density at radius 1 is 1.00 bits per heavy atom. The lowest BCUT2D eigenvalue weighted by atomic mass is 10.1. The van der Waals surface area contributed by atoms with Gasteiger partial charge in [0.1, 0.15) is 23.8 Å². The summed E-state index contributed by atoms with van der Waals surface area (Å²) in [6, 6.07) is 6.36. The van der Waals surface area contributed by atoms with Crippen LogP contribution in [0.1, 0.15) is 37.7 Å². The number of nitrogens with zero attached hydrogens (tertiary/aromatic N) is 5. The molecular weight excluding hydrogens is 340 g/mol. The van der Waals surface area contributed by atoms with Crippen LogP contribution in [0.15, 0.2) is 30.7 Å². The molecule has 27 heavy (non-hydrogen) atoms. The van der Waals surface area contributed by atoms with Gasteiger partial charge in [0.25, 0.3) is 0 Å². The van der Waals surface area contributed by atoms with Crippen LogP contribution in [-0.2, 0) is 6.54 Å². The molecule has 2 aromatic heterocycles. The fraction of sp³-hybridized carbons (Fsp3) is 0.550. The molecule has 144 valence electrons. The Morgan fingerprint density at radius 3 is 2.74 bits per heavy atom. The minimum absolute atomic E-state index is 0.167. The van der Waals surface area contributed by atoms with Crippen molar-refractivity contribution in [1.29, 1.82) is 0 Å². The maximum atomic E-state index is 9.54. The van der Waals surface area contributed by atoms with Crippen molar-refractivity contribution in [3.05, 3.63) is 36.3 Å². The molecule has 0 bridgehead atoms. The van der Waals surface area contributed by atoms with Gasteiger partial charge in [0.2, 0.25) is 0 Å². The zero-order valence-electron chi connectivity index (χ0n) is 15.7. The number of hydrogen-bond acceptors (Lipinski definition) is 7. The van der Waals surface area contributed by atoms with E-state index in [4.69, 9.17) is 0 Å². The molecular formula is C20H28N6O. The van der Waals surface area contributed by atoms with Crippen molar-refractivity contribution in [2.75, 3.05) is 41.4 Å². The Bertz CT molecular complexity index is 749. The largest absolute Gasteiger partial charge is 0.394 e. The summed E-state index contributed by atoms with van der Waals surface area (Å²) in [5.41, 5.74) is 1.19. The van der Waals surface area contributed by atoms with Crippen molar-refractivity contribution >= 4 is 17.5 Å². The predicted octanol–water partition coefficient (Wildman–Crippen LogP) is 2.44. The number of pyridine rings is 1. The van der Waals surface area contributed by atoms with E-state index in [1.54, 1.807) is 6.33 Å². The van der Waals surface area contributed by atoms with E-state index in [-0.39, 0.29) is 12.6 Å². The van der Waals surface area contributed by atoms with Gasteiger partial charge in [0, 0.05) is 38.4 Å². The van der Waals surface area contributed by atoms with Crippen molar-refractivity contribution in [2.24, 2.45) is 0 Å². The number of hydrogen-bond donors (Lipinski definition) is 2. The second kappa shape index (κ2) is 8.52. The lowest BCUT2D eigenvalue weighted by molar-refractivity contribution is 0.266. The van der Waals surface area contributed by atoms with Crippen LogP contribution < -0.4 is 15.1 Å². The summed E-state index contributed by atoms with van der Waals surface area (Å²) in [5.74, 6) is 2.76. The van der Waals surface area contributed by atoms with Crippen molar-refractivity contribution < 1.29 is 5.11 Å². The highest BCUT2D eigenvalue weighted by Crippen LogP contribution is 2.25. The van der Waals surface area contributed by atoms with E-state index in [1.807, 2.05) is 18.3 Å². The molecule has 7 nitrogen and oxygen atoms in total. The van der Waals surface area contributed by atoms with Gasteiger partial charge in [-0.1, -0.05) is 0 Å². The molecule has 1 atom stereocenters. The number of anilines is 3. The molecule has 1 unspecified atom stereocenters. The minimum Gasteiger partial charge on any atom is -0.394 e. The molecule has 0 spiro atoms. The predicted molar refractivity (Wildman–Crippen MR) is 107 cm³/mol. The van der Waals surface area contributed by atoms with Crippen LogP contribution in [0.3, 0.4) is 0 Å². The average Bonchev–Trinajstić information content (AvgIpc) is 3.22. The molecule has 2 saturated heterocycles. The third-order valence-electron chi connectivity index (χ3n) is 5.50. The first-order valence-corrected chi connectivity index (χ1v) is 9.97. The van der Waals surface area contributed by atoms with Gasteiger partial charge in [0.15, 0.2) is 0 Å². The summed E-state index contributed by atoms with van der Waals surface area (Å²) in [6.45, 7) is 4.00. The molecule has 0 amide bonds. The Morgan fingerprint density at radius 2 is 1.89 bits per heavy atom. The molecule has 4 rings (SSSR count). The van der Waals surface area contributed by atoms with E-state index in [2.05, 4.69) is 36.1 Å². The van der Waals surface area contributed by atoms with Gasteiger partial charge in [0.05, 0.1) is 12.6 Å². The Labute approximate surface area is 160 Å². The van der Waals surface area contributed by atoms with E-state index >= 15 is 0 Å². The van der Waals surface area contributed by atoms with E-state index in [0.717, 1.165) is 49.9 Å². The third kappa shape index (κ3) is 4.30. The summed E-state index contributed by atoms with van der Waals surface area (Å²) in [4.78, 5) is 17.8. The van der Waals surface area contributed by atoms with Crippen molar-refractivity contribution in [3.8, 4) is 0 Å². The smallest absolute Gasteiger partial charge is 0.134 e. The summed E-state index contributed by atoms with van der Waals surface area (Å²) < 4.78 is 0. The first kappa shape index (κ1) is 18.0. The van der Waals surface area contributed by atoms with Crippen LogP contribution in [0.2, 0.25) is 0 Å². The summed E-state index contributed by atoms with van der Waals surface area (Å²) in [7, 11) is 0. The first-order chi connectivity index (χ1) is 13.3. The van der Waals surface area contributed by atoms with Gasteiger partial charge in [-0.3, -0.25) is 0 Å². The standard InChI is InChI=1S/C20H28N6O/c27-14-17-5-4-10-26(17)20-12-18(23-15-24-20)22-13-16-6-7-21-19(11-16)25-8-2-1-3-9-25/h6-7,11-12,15,17,27H,1-5,8-10,13-14H2,(H,22,23,24). The molecule has 0 aliphatic carbocycles. The van der Waals surface area contributed by atoms with Gasteiger partial charge in [-0.2, -0.15) is 0 Å². The van der Waals surface area contributed by atoms with Crippen LogP contribution in [-0.4, -0.2) is 52.3 Å². The number of nitrogens with one attached hydrogen (secondary N) is 1. The van der Waals surface area contributed by atoms with E-state index in [0.29, 0.717) is 6.54 Å². The molecule has 4 heterocycles. The van der Waals surface area contributed by atoms with Gasteiger partial charge in [-0.25, -0.2) is 15.0 Å². The Balaban J connectivity index is 1.41. The monoisotopic (exact) mass is 368 g/mol. The van der Waals surface area contributed by atoms with Crippen molar-refractivity contribution in [2.45, 2.75) is 44.7 Å². The van der Waals surface area contributed by atoms with Gasteiger partial charge < -0.3 is 20.2 Å². The SMILES string of the molecule is OCC1CCCN1c1cc(NCc2ccnc(N3CCCCC3)c2)ncn1. The molecule has 2 aromatic rings. The summed E-state index contributed by atoms with van der Waals surface area (Å²) in [6.07, 6.45) is 9.41. The third-order valence-corrected chi connectivity index (χ3v) is 5.50. The quantitative estimate of drug-likeness (QED) is 0.811. The minimum atomic E-state index is 0.167. The molecule has 7 heteroatoms. The highest BCUT2D eigenvalue weighted by molar-refractivity contribution is 5.50. The van der Waals surface area contributed by atoms with Crippen molar-refractivity contribution in [3.63, 3.8) is 0 Å². The fourth-order valence-electron chi connectivity index (χ4n) is 3.99. The second-order valence-electron chi connectivity index (χ2n) is 7.36. The van der Waals surface area contributed by atoms with E-state index < -0.39 is 0 Å². The van der Waals surface area contributed by atoms with Crippen LogP contribution in [0, 0.1) is 0 Å². The maximum Gasteiger partial charge on any atom is 0.134 e. The number of rotatable bonds is 6. The molecule has 2 aliphatic heterocycles. The molecule has 2 aliphatic rings. The van der Waals surface area contributed by atoms with Gasteiger partial charge in [-0.05, 0) is 49.8 Å². The Hall–Kier alpha value is -2.41. The molecule has 0 saturated carbocycles. The zero-order valence-corrected chi connectivity index (χ0v) is 15.7. The van der Waals surface area contributed by atoms with E-state index in [1.165, 1.54) is 24.8 Å². The molecule has 2 fully saturated rings. The highest BCUT2D eigenvalue weighted by atomic mass is 16.3. The van der Waals surface area contributed by atoms with Gasteiger partial charge >= 0.3 is 0 Å². The lowest BCUT2D eigenvalue weighted by Gasteiger charge is -2.28. The average molecular weight is 368 g/mol. The number of aromatic nitrogens is 3. The van der Waals surface area contributed by atoms with Crippen LogP contribution >= 0.6 is 0 Å². The topological polar surface area (TPSA) is 77.4 Å². The van der Waals surface area contributed by atoms with Crippen LogP contribution in [0.5, 0.6) is 0 Å². The summed E-state index contributed by atoms with van der Waals surface area (Å²) in [5, 5.41) is 12.9.